The molecule has 6 nitrogen and oxygen atoms in total. The molecule has 2 N–H and O–H groups in total. The summed E-state index contributed by atoms with van der Waals surface area (Å²) in [6, 6.07) is 16.2. The van der Waals surface area contributed by atoms with E-state index in [2.05, 4.69) is 11.4 Å². The highest BCUT2D eigenvalue weighted by Gasteiger charge is 2.10. The first kappa shape index (κ1) is 20.3. The lowest BCUT2D eigenvalue weighted by atomic mass is 10.1. The van der Waals surface area contributed by atoms with Crippen LogP contribution >= 0.6 is 11.8 Å². The molecule has 2 rings (SSSR count). The van der Waals surface area contributed by atoms with Crippen LogP contribution in [0.25, 0.3) is 0 Å². The number of aliphatic carboxylic acids is 1. The summed E-state index contributed by atoms with van der Waals surface area (Å²) in [5.74, 6) is 0.413. The molecular weight excluding hydrogens is 364 g/mol. The van der Waals surface area contributed by atoms with Crippen LogP contribution in [0.5, 0.6) is 5.75 Å². The van der Waals surface area contributed by atoms with Crippen LogP contribution in [0.1, 0.15) is 29.7 Å². The van der Waals surface area contributed by atoms with Crippen LogP contribution in [0, 0.1) is 11.3 Å². The van der Waals surface area contributed by atoms with Gasteiger partial charge in [-0.2, -0.15) is 5.26 Å². The number of thioether (sulfide) groups is 1. The number of carboxylic acid groups (broad SMARTS) is 1. The molecule has 27 heavy (non-hydrogen) atoms. The van der Waals surface area contributed by atoms with E-state index in [1.165, 1.54) is 11.8 Å². The van der Waals surface area contributed by atoms with Crippen molar-refractivity contribution in [1.29, 1.82) is 5.26 Å². The van der Waals surface area contributed by atoms with Gasteiger partial charge >= 0.3 is 5.97 Å². The minimum Gasteiger partial charge on any atom is -0.482 e. The van der Waals surface area contributed by atoms with Crippen molar-refractivity contribution in [2.24, 2.45) is 0 Å². The molecule has 0 aliphatic carbocycles. The molecular formula is C20H20N2O4S. The van der Waals surface area contributed by atoms with Gasteiger partial charge in [-0.15, -0.1) is 11.8 Å². The monoisotopic (exact) mass is 384 g/mol. The Morgan fingerprint density at radius 2 is 1.85 bits per heavy atom. The van der Waals surface area contributed by atoms with Gasteiger partial charge in [0.15, 0.2) is 6.61 Å². The highest BCUT2D eigenvalue weighted by molar-refractivity contribution is 7.99. The van der Waals surface area contributed by atoms with Gasteiger partial charge in [-0.25, -0.2) is 4.79 Å². The van der Waals surface area contributed by atoms with E-state index in [0.717, 1.165) is 11.1 Å². The number of amides is 1. The standard InChI is InChI=1S/C20H20N2O4S/c1-14(17-6-8-18(9-7-17)26-11-20(24)25)22-19(23)13-27-12-16-4-2-15(10-21)3-5-16/h2-9,14H,11-13H2,1H3,(H,22,23)(H,24,25). The number of carbonyl (C=O) groups is 2. The molecule has 140 valence electrons. The Bertz CT molecular complexity index is 813. The predicted molar refractivity (Wildman–Crippen MR) is 103 cm³/mol. The van der Waals surface area contributed by atoms with Gasteiger partial charge in [-0.3, -0.25) is 4.79 Å². The zero-order chi connectivity index (χ0) is 19.6. The van der Waals surface area contributed by atoms with Gasteiger partial charge in [0.1, 0.15) is 5.75 Å². The zero-order valence-corrected chi connectivity index (χ0v) is 15.7. The summed E-state index contributed by atoms with van der Waals surface area (Å²) < 4.78 is 5.08. The molecule has 0 spiro atoms. The second-order valence-corrected chi connectivity index (χ2v) is 6.83. The number of rotatable bonds is 9. The lowest BCUT2D eigenvalue weighted by Crippen LogP contribution is -2.28. The number of hydrogen-bond donors (Lipinski definition) is 2. The van der Waals surface area contributed by atoms with Crippen molar-refractivity contribution >= 4 is 23.6 Å². The molecule has 0 bridgehead atoms. The smallest absolute Gasteiger partial charge is 0.341 e. The van der Waals surface area contributed by atoms with Crippen LogP contribution in [-0.4, -0.2) is 29.3 Å². The molecule has 1 atom stereocenters. The third kappa shape index (κ3) is 7.04. The van der Waals surface area contributed by atoms with Gasteiger partial charge in [-0.1, -0.05) is 24.3 Å². The van der Waals surface area contributed by atoms with Crippen molar-refractivity contribution in [1.82, 2.24) is 5.32 Å². The van der Waals surface area contributed by atoms with Gasteiger partial charge in [-0.05, 0) is 42.3 Å². The van der Waals surface area contributed by atoms with Crippen molar-refractivity contribution in [3.63, 3.8) is 0 Å². The predicted octanol–water partition coefficient (Wildman–Crippen LogP) is 3.13. The number of hydrogen-bond acceptors (Lipinski definition) is 5. The Morgan fingerprint density at radius 1 is 1.19 bits per heavy atom. The zero-order valence-electron chi connectivity index (χ0n) is 14.8. The molecule has 0 aliphatic rings. The lowest BCUT2D eigenvalue weighted by Gasteiger charge is -2.15. The summed E-state index contributed by atoms with van der Waals surface area (Å²) >= 11 is 1.51. The third-order valence-corrected chi connectivity index (χ3v) is 4.71. The molecule has 7 heteroatoms. The summed E-state index contributed by atoms with van der Waals surface area (Å²) in [4.78, 5) is 22.6. The normalized spacial score (nSPS) is 11.3. The van der Waals surface area contributed by atoms with Crippen LogP contribution in [0.3, 0.4) is 0 Å². The SMILES string of the molecule is CC(NC(=O)CSCc1ccc(C#N)cc1)c1ccc(OCC(=O)O)cc1. The molecule has 0 heterocycles. The van der Waals surface area contributed by atoms with E-state index < -0.39 is 5.97 Å². The number of carboxylic acids is 1. The van der Waals surface area contributed by atoms with Crippen LogP contribution in [0.15, 0.2) is 48.5 Å². The Hall–Kier alpha value is -2.98. The molecule has 0 aliphatic heterocycles. The van der Waals surface area contributed by atoms with Crippen LogP contribution < -0.4 is 10.1 Å². The van der Waals surface area contributed by atoms with Crippen LogP contribution in [-0.2, 0) is 15.3 Å². The topological polar surface area (TPSA) is 99.4 Å². The maximum Gasteiger partial charge on any atom is 0.341 e. The van der Waals surface area contributed by atoms with E-state index in [4.69, 9.17) is 15.1 Å². The minimum atomic E-state index is -1.03. The lowest BCUT2D eigenvalue weighted by molar-refractivity contribution is -0.139. The summed E-state index contributed by atoms with van der Waals surface area (Å²) in [5, 5.41) is 20.3. The maximum atomic E-state index is 12.1. The van der Waals surface area contributed by atoms with Crippen molar-refractivity contribution in [3.05, 3.63) is 65.2 Å². The van der Waals surface area contributed by atoms with Crippen LogP contribution in [0.4, 0.5) is 0 Å². The second kappa shape index (κ2) is 10.2. The number of carbonyl (C=O) groups excluding carboxylic acids is 1. The van der Waals surface area contributed by atoms with Crippen molar-refractivity contribution in [2.45, 2.75) is 18.7 Å². The van der Waals surface area contributed by atoms with E-state index in [1.807, 2.05) is 19.1 Å². The number of nitriles is 1. The number of nitrogens with one attached hydrogen (secondary N) is 1. The fraction of sp³-hybridized carbons (Fsp3) is 0.250. The second-order valence-electron chi connectivity index (χ2n) is 5.84. The first-order valence-corrected chi connectivity index (χ1v) is 9.44. The minimum absolute atomic E-state index is 0.0626. The van der Waals surface area contributed by atoms with E-state index in [9.17, 15) is 9.59 Å². The third-order valence-electron chi connectivity index (χ3n) is 3.70. The Morgan fingerprint density at radius 3 is 2.44 bits per heavy atom. The molecule has 1 amide bonds. The number of ether oxygens (including phenoxy) is 1. The molecule has 0 saturated carbocycles. The fourth-order valence-electron chi connectivity index (χ4n) is 2.30. The molecule has 0 saturated heterocycles. The number of nitrogens with zero attached hydrogens (tertiary/aromatic N) is 1. The van der Waals surface area contributed by atoms with E-state index in [0.29, 0.717) is 22.8 Å². The van der Waals surface area contributed by atoms with Crippen LogP contribution in [0.2, 0.25) is 0 Å². The first-order chi connectivity index (χ1) is 13.0. The maximum absolute atomic E-state index is 12.1. The van der Waals surface area contributed by atoms with E-state index in [1.54, 1.807) is 36.4 Å². The molecule has 0 aromatic heterocycles. The van der Waals surface area contributed by atoms with Crippen molar-refractivity contribution in [3.8, 4) is 11.8 Å². The quantitative estimate of drug-likeness (QED) is 0.689. The Labute approximate surface area is 162 Å². The Kier molecular flexibility index (Phi) is 7.71. The van der Waals surface area contributed by atoms with Gasteiger partial charge in [0.05, 0.1) is 23.4 Å². The largest absolute Gasteiger partial charge is 0.482 e. The first-order valence-electron chi connectivity index (χ1n) is 8.28. The summed E-state index contributed by atoms with van der Waals surface area (Å²) in [7, 11) is 0. The highest BCUT2D eigenvalue weighted by atomic mass is 32.2. The van der Waals surface area contributed by atoms with Gasteiger partial charge in [0, 0.05) is 5.75 Å². The Balaban J connectivity index is 1.75. The summed E-state index contributed by atoms with van der Waals surface area (Å²) in [6.45, 7) is 1.50. The average molecular weight is 384 g/mol. The highest BCUT2D eigenvalue weighted by Crippen LogP contribution is 2.18. The summed E-state index contributed by atoms with van der Waals surface area (Å²) in [6.07, 6.45) is 0. The molecule has 0 radical (unpaired) electrons. The molecule has 2 aromatic carbocycles. The van der Waals surface area contributed by atoms with Crippen molar-refractivity contribution < 1.29 is 19.4 Å². The molecule has 1 unspecified atom stereocenters. The van der Waals surface area contributed by atoms with E-state index >= 15 is 0 Å². The molecule has 2 aromatic rings. The van der Waals surface area contributed by atoms with Gasteiger partial charge in [0.25, 0.3) is 0 Å². The summed E-state index contributed by atoms with van der Waals surface area (Å²) in [5.41, 5.74) is 2.59. The van der Waals surface area contributed by atoms with Crippen molar-refractivity contribution in [2.75, 3.05) is 12.4 Å². The number of benzene rings is 2. The average Bonchev–Trinajstić information content (AvgIpc) is 2.67. The fourth-order valence-corrected chi connectivity index (χ4v) is 3.10. The molecule has 0 fully saturated rings. The van der Waals surface area contributed by atoms with Gasteiger partial charge < -0.3 is 15.2 Å². The van der Waals surface area contributed by atoms with E-state index in [-0.39, 0.29) is 18.6 Å². The van der Waals surface area contributed by atoms with Gasteiger partial charge in [0.2, 0.25) is 5.91 Å².